The van der Waals surface area contributed by atoms with Gasteiger partial charge < -0.3 is 14.5 Å². The highest BCUT2D eigenvalue weighted by Crippen LogP contribution is 2.38. The van der Waals surface area contributed by atoms with Gasteiger partial charge in [0.1, 0.15) is 5.82 Å². The van der Waals surface area contributed by atoms with Crippen molar-refractivity contribution in [3.63, 3.8) is 0 Å². The minimum absolute atomic E-state index is 0.322. The lowest BCUT2D eigenvalue weighted by Crippen LogP contribution is -2.22. The van der Waals surface area contributed by atoms with Crippen LogP contribution in [-0.4, -0.2) is 46.9 Å². The van der Waals surface area contributed by atoms with E-state index in [0.29, 0.717) is 34.3 Å². The van der Waals surface area contributed by atoms with Gasteiger partial charge in [-0.15, -0.1) is 0 Å². The molecule has 2 N–H and O–H groups in total. The van der Waals surface area contributed by atoms with Gasteiger partial charge in [-0.1, -0.05) is 18.2 Å². The summed E-state index contributed by atoms with van der Waals surface area (Å²) < 4.78 is 16.1. The van der Waals surface area contributed by atoms with Crippen molar-refractivity contribution in [3.05, 3.63) is 71.8 Å². The molecule has 0 unspecified atom stereocenters. The van der Waals surface area contributed by atoms with Crippen molar-refractivity contribution in [1.82, 2.24) is 19.8 Å². The zero-order valence-electron chi connectivity index (χ0n) is 17.9. The van der Waals surface area contributed by atoms with E-state index in [0.717, 1.165) is 29.3 Å². The van der Waals surface area contributed by atoms with Crippen LogP contribution in [0.3, 0.4) is 0 Å². The molecule has 7 heteroatoms. The summed E-state index contributed by atoms with van der Waals surface area (Å²) >= 11 is 0. The Morgan fingerprint density at radius 1 is 0.969 bits per heavy atom. The van der Waals surface area contributed by atoms with Crippen molar-refractivity contribution in [2.75, 3.05) is 20.6 Å². The quantitative estimate of drug-likeness (QED) is 0.458. The van der Waals surface area contributed by atoms with Gasteiger partial charge in [-0.25, -0.2) is 4.39 Å². The lowest BCUT2D eigenvalue weighted by atomic mass is 9.95. The van der Waals surface area contributed by atoms with Crippen LogP contribution in [0.2, 0.25) is 0 Å². The van der Waals surface area contributed by atoms with E-state index in [1.807, 2.05) is 49.1 Å². The maximum absolute atomic E-state index is 14.1. The number of imide groups is 1. The van der Waals surface area contributed by atoms with Crippen molar-refractivity contribution in [2.45, 2.75) is 13.0 Å². The zero-order valence-corrected chi connectivity index (χ0v) is 17.9. The molecule has 6 nitrogen and oxygen atoms in total. The number of aromatic amines is 1. The Morgan fingerprint density at radius 3 is 2.50 bits per heavy atom. The van der Waals surface area contributed by atoms with Gasteiger partial charge in [-0.2, -0.15) is 0 Å². The van der Waals surface area contributed by atoms with Crippen LogP contribution in [0.5, 0.6) is 0 Å². The summed E-state index contributed by atoms with van der Waals surface area (Å²) in [6.07, 6.45) is 4.49. The summed E-state index contributed by atoms with van der Waals surface area (Å²) in [5.74, 6) is -1.20. The number of aromatic nitrogens is 2. The number of nitrogens with one attached hydrogen (secondary N) is 2. The number of para-hydroxylation sites is 1. The number of H-pyrrole nitrogens is 1. The third kappa shape index (κ3) is 3.31. The fraction of sp³-hybridized carbons (Fsp3) is 0.200. The second-order valence-corrected chi connectivity index (χ2v) is 8.34. The Kier molecular flexibility index (Phi) is 4.90. The number of carbonyl (C=O) groups excluding carboxylic acids is 2. The van der Waals surface area contributed by atoms with Crippen molar-refractivity contribution in [3.8, 4) is 0 Å². The van der Waals surface area contributed by atoms with Gasteiger partial charge in [0.05, 0.1) is 16.7 Å². The van der Waals surface area contributed by atoms with Crippen LogP contribution in [0.1, 0.15) is 17.5 Å². The summed E-state index contributed by atoms with van der Waals surface area (Å²) in [6, 6.07) is 12.2. The molecule has 0 atom stereocenters. The van der Waals surface area contributed by atoms with Crippen LogP contribution >= 0.6 is 0 Å². The molecular formula is C25H23FN4O2. The molecule has 2 amide bonds. The Morgan fingerprint density at radius 2 is 1.72 bits per heavy atom. The second-order valence-electron chi connectivity index (χ2n) is 8.34. The Balaban J connectivity index is 1.72. The third-order valence-electron chi connectivity index (χ3n) is 5.91. The highest BCUT2D eigenvalue weighted by atomic mass is 19.1. The van der Waals surface area contributed by atoms with Crippen molar-refractivity contribution >= 4 is 44.8 Å². The van der Waals surface area contributed by atoms with E-state index < -0.39 is 11.8 Å². The van der Waals surface area contributed by atoms with E-state index in [2.05, 4.69) is 15.2 Å². The number of rotatable bonds is 6. The van der Waals surface area contributed by atoms with Gasteiger partial charge in [0.15, 0.2) is 0 Å². The molecule has 162 valence electrons. The molecule has 0 aliphatic carbocycles. The Labute approximate surface area is 184 Å². The molecule has 0 fully saturated rings. The number of amides is 2. The lowest BCUT2D eigenvalue weighted by Gasteiger charge is -2.10. The fourth-order valence-electron chi connectivity index (χ4n) is 4.45. The van der Waals surface area contributed by atoms with E-state index in [4.69, 9.17) is 0 Å². The molecule has 2 aromatic carbocycles. The molecule has 0 spiro atoms. The monoisotopic (exact) mass is 430 g/mol. The second kappa shape index (κ2) is 7.76. The van der Waals surface area contributed by atoms with Crippen LogP contribution in [0.4, 0.5) is 4.39 Å². The van der Waals surface area contributed by atoms with Crippen molar-refractivity contribution in [1.29, 1.82) is 0 Å². The zero-order chi connectivity index (χ0) is 22.4. The largest absolute Gasteiger partial charge is 0.361 e. The van der Waals surface area contributed by atoms with Crippen LogP contribution in [0, 0.1) is 5.82 Å². The number of benzene rings is 2. The summed E-state index contributed by atoms with van der Waals surface area (Å²) in [4.78, 5) is 31.1. The molecule has 32 heavy (non-hydrogen) atoms. The normalized spacial score (nSPS) is 14.4. The topological polar surface area (TPSA) is 70.1 Å². The number of carbonyl (C=O) groups is 2. The summed E-state index contributed by atoms with van der Waals surface area (Å²) in [5, 5.41) is 4.07. The van der Waals surface area contributed by atoms with Crippen LogP contribution in [-0.2, 0) is 16.1 Å². The van der Waals surface area contributed by atoms with E-state index in [1.54, 1.807) is 12.3 Å². The molecule has 0 bridgehead atoms. The average molecular weight is 430 g/mol. The first-order valence-corrected chi connectivity index (χ1v) is 10.5. The average Bonchev–Trinajstić information content (AvgIpc) is 3.41. The number of hydrogen-bond acceptors (Lipinski definition) is 3. The summed E-state index contributed by atoms with van der Waals surface area (Å²) in [5.41, 5.74) is 3.56. The fourth-order valence-corrected chi connectivity index (χ4v) is 4.45. The van der Waals surface area contributed by atoms with Crippen molar-refractivity contribution < 1.29 is 14.0 Å². The van der Waals surface area contributed by atoms with Gasteiger partial charge in [0.2, 0.25) is 0 Å². The highest BCUT2D eigenvalue weighted by Gasteiger charge is 2.35. The molecule has 1 aliphatic heterocycles. The minimum atomic E-state index is -0.438. The van der Waals surface area contributed by atoms with Gasteiger partial charge >= 0.3 is 0 Å². The van der Waals surface area contributed by atoms with Crippen LogP contribution in [0.25, 0.3) is 33.0 Å². The van der Waals surface area contributed by atoms with Gasteiger partial charge in [-0.3, -0.25) is 14.9 Å². The first-order valence-electron chi connectivity index (χ1n) is 10.5. The molecule has 3 heterocycles. The van der Waals surface area contributed by atoms with E-state index in [-0.39, 0.29) is 5.82 Å². The molecule has 2 aromatic heterocycles. The third-order valence-corrected chi connectivity index (χ3v) is 5.91. The minimum Gasteiger partial charge on any atom is -0.361 e. The number of fused-ring (bicyclic) bond motifs is 2. The standard InChI is InChI=1S/C25H23FN4O2/c1-29(2)10-5-11-30-14-19(17-9-8-15(26)12-21(17)30)23-22(24(31)28-25(23)32)18-13-27-20-7-4-3-6-16(18)20/h3-4,6-9,12-14,27H,5,10-11H2,1-2H3,(H,28,31,32). The highest BCUT2D eigenvalue weighted by molar-refractivity contribution is 6.50. The molecule has 1 aliphatic rings. The van der Waals surface area contributed by atoms with Gasteiger partial charge in [-0.05, 0) is 51.3 Å². The van der Waals surface area contributed by atoms with E-state index in [1.165, 1.54) is 12.1 Å². The van der Waals surface area contributed by atoms with E-state index in [9.17, 15) is 14.0 Å². The molecule has 0 saturated carbocycles. The smallest absolute Gasteiger partial charge is 0.259 e. The number of hydrogen-bond donors (Lipinski definition) is 2. The molecular weight excluding hydrogens is 407 g/mol. The maximum atomic E-state index is 14.1. The molecule has 0 saturated heterocycles. The number of nitrogens with zero attached hydrogens (tertiary/aromatic N) is 2. The first-order chi connectivity index (χ1) is 15.4. The van der Waals surface area contributed by atoms with E-state index >= 15 is 0 Å². The number of halogens is 1. The van der Waals surface area contributed by atoms with Crippen molar-refractivity contribution in [2.24, 2.45) is 0 Å². The van der Waals surface area contributed by atoms with Crippen LogP contribution < -0.4 is 5.32 Å². The predicted octanol–water partition coefficient (Wildman–Crippen LogP) is 3.78. The maximum Gasteiger partial charge on any atom is 0.259 e. The summed E-state index contributed by atoms with van der Waals surface area (Å²) in [7, 11) is 4.01. The molecule has 4 aromatic rings. The SMILES string of the molecule is CN(C)CCCn1cc(C2=C(c3c[nH]c4ccccc34)C(=O)NC2=O)c2ccc(F)cc21. The summed E-state index contributed by atoms with van der Waals surface area (Å²) in [6.45, 7) is 1.55. The molecule has 0 radical (unpaired) electrons. The van der Waals surface area contributed by atoms with Gasteiger partial charge in [0.25, 0.3) is 11.8 Å². The lowest BCUT2D eigenvalue weighted by molar-refractivity contribution is -0.122. The van der Waals surface area contributed by atoms with Crippen LogP contribution in [0.15, 0.2) is 54.9 Å². The Bertz CT molecular complexity index is 1410. The Hall–Kier alpha value is -3.71. The predicted molar refractivity (Wildman–Crippen MR) is 123 cm³/mol. The number of aryl methyl sites for hydroxylation is 1. The van der Waals surface area contributed by atoms with Gasteiger partial charge in [0, 0.05) is 46.4 Å². The molecule has 5 rings (SSSR count). The first kappa shape index (κ1) is 20.2.